The van der Waals surface area contributed by atoms with Gasteiger partial charge in [0.2, 0.25) is 0 Å². The van der Waals surface area contributed by atoms with Crippen LogP contribution >= 0.6 is 35.6 Å². The first kappa shape index (κ1) is 19.6. The molecule has 0 radical (unpaired) electrons. The normalized spacial score (nSPS) is 10.8. The van der Waals surface area contributed by atoms with Crippen molar-refractivity contribution in [1.82, 2.24) is 10.6 Å². The Balaban J connectivity index is 0.00000264. The summed E-state index contributed by atoms with van der Waals surface area (Å²) in [5.74, 6) is 2.49. The molecule has 0 unspecified atom stereocenters. The summed E-state index contributed by atoms with van der Waals surface area (Å²) < 4.78 is 10.9. The summed E-state index contributed by atoms with van der Waals surface area (Å²) in [6.07, 6.45) is 2.49. The number of furan rings is 1. The summed E-state index contributed by atoms with van der Waals surface area (Å²) in [4.78, 5) is 4.15. The van der Waals surface area contributed by atoms with Gasteiger partial charge >= 0.3 is 0 Å². The minimum Gasteiger partial charge on any atom is -0.492 e. The smallest absolute Gasteiger partial charge is 0.191 e. The first-order valence-electron chi connectivity index (χ1n) is 7.13. The van der Waals surface area contributed by atoms with Gasteiger partial charge in [-0.1, -0.05) is 11.6 Å². The molecule has 0 saturated heterocycles. The van der Waals surface area contributed by atoms with Crippen LogP contribution < -0.4 is 15.4 Å². The molecule has 1 aromatic heterocycles. The number of hydrogen-bond acceptors (Lipinski definition) is 3. The van der Waals surface area contributed by atoms with E-state index in [1.54, 1.807) is 25.4 Å². The van der Waals surface area contributed by atoms with Crippen molar-refractivity contribution in [3.63, 3.8) is 0 Å². The molecule has 0 amide bonds. The maximum atomic E-state index is 5.82. The Morgan fingerprint density at radius 3 is 2.57 bits per heavy atom. The number of rotatable bonds is 7. The summed E-state index contributed by atoms with van der Waals surface area (Å²) in [5, 5.41) is 7.11. The van der Waals surface area contributed by atoms with Gasteiger partial charge in [-0.05, 0) is 36.4 Å². The second-order valence-electron chi connectivity index (χ2n) is 4.56. The molecule has 23 heavy (non-hydrogen) atoms. The highest BCUT2D eigenvalue weighted by atomic mass is 127. The summed E-state index contributed by atoms with van der Waals surface area (Å²) in [6.45, 7) is 1.95. The third-order valence-electron chi connectivity index (χ3n) is 2.94. The van der Waals surface area contributed by atoms with Crippen LogP contribution in [0.5, 0.6) is 5.75 Å². The van der Waals surface area contributed by atoms with E-state index in [4.69, 9.17) is 20.8 Å². The van der Waals surface area contributed by atoms with E-state index >= 15 is 0 Å². The van der Waals surface area contributed by atoms with Crippen molar-refractivity contribution in [3.8, 4) is 5.75 Å². The Hall–Kier alpha value is -1.41. The third-order valence-corrected chi connectivity index (χ3v) is 3.20. The first-order valence-corrected chi connectivity index (χ1v) is 7.51. The molecule has 1 heterocycles. The minimum atomic E-state index is 0. The summed E-state index contributed by atoms with van der Waals surface area (Å²) in [5.41, 5.74) is 0. The van der Waals surface area contributed by atoms with Crippen molar-refractivity contribution in [1.29, 1.82) is 0 Å². The average molecular weight is 450 g/mol. The molecule has 2 aromatic rings. The molecule has 126 valence electrons. The van der Waals surface area contributed by atoms with Crippen LogP contribution in [-0.4, -0.2) is 32.7 Å². The zero-order valence-electron chi connectivity index (χ0n) is 12.9. The van der Waals surface area contributed by atoms with E-state index < -0.39 is 0 Å². The van der Waals surface area contributed by atoms with Gasteiger partial charge in [0.05, 0.1) is 12.8 Å². The fourth-order valence-electron chi connectivity index (χ4n) is 1.85. The highest BCUT2D eigenvalue weighted by Gasteiger charge is 1.99. The molecule has 0 fully saturated rings. The average Bonchev–Trinajstić information content (AvgIpc) is 3.04. The van der Waals surface area contributed by atoms with Crippen LogP contribution in [0.2, 0.25) is 5.02 Å². The van der Waals surface area contributed by atoms with Gasteiger partial charge in [-0.2, -0.15) is 0 Å². The molecule has 7 heteroatoms. The molecule has 0 aliphatic heterocycles. The monoisotopic (exact) mass is 449 g/mol. The van der Waals surface area contributed by atoms with Crippen molar-refractivity contribution in [2.24, 2.45) is 4.99 Å². The van der Waals surface area contributed by atoms with E-state index in [0.717, 1.165) is 30.4 Å². The second-order valence-corrected chi connectivity index (χ2v) is 4.99. The van der Waals surface area contributed by atoms with Gasteiger partial charge in [-0.25, -0.2) is 0 Å². The SMILES string of the molecule is CN=C(NCCOc1ccc(Cl)cc1)NCCc1ccco1.I. The molecular formula is C16H21ClIN3O2. The quantitative estimate of drug-likeness (QED) is 0.295. The van der Waals surface area contributed by atoms with Crippen molar-refractivity contribution >= 4 is 41.5 Å². The minimum absolute atomic E-state index is 0. The Morgan fingerprint density at radius 1 is 1.17 bits per heavy atom. The first-order chi connectivity index (χ1) is 10.8. The van der Waals surface area contributed by atoms with Crippen molar-refractivity contribution < 1.29 is 9.15 Å². The lowest BCUT2D eigenvalue weighted by molar-refractivity contribution is 0.322. The van der Waals surface area contributed by atoms with Crippen LogP contribution in [0.1, 0.15) is 5.76 Å². The Bertz CT molecular complexity index is 574. The van der Waals surface area contributed by atoms with Gasteiger partial charge in [0.1, 0.15) is 18.1 Å². The number of guanidine groups is 1. The highest BCUT2D eigenvalue weighted by molar-refractivity contribution is 14.0. The molecule has 0 atom stereocenters. The van der Waals surface area contributed by atoms with Gasteiger partial charge in [-0.15, -0.1) is 24.0 Å². The Kier molecular flexibility index (Phi) is 9.54. The van der Waals surface area contributed by atoms with Gasteiger partial charge in [0.25, 0.3) is 0 Å². The molecule has 2 rings (SSSR count). The van der Waals surface area contributed by atoms with Crippen LogP contribution in [0.3, 0.4) is 0 Å². The molecule has 0 spiro atoms. The maximum Gasteiger partial charge on any atom is 0.191 e. The highest BCUT2D eigenvalue weighted by Crippen LogP contribution is 2.15. The molecule has 5 nitrogen and oxygen atoms in total. The lowest BCUT2D eigenvalue weighted by Gasteiger charge is -2.12. The van der Waals surface area contributed by atoms with Crippen LogP contribution in [0, 0.1) is 0 Å². The fourth-order valence-corrected chi connectivity index (χ4v) is 1.97. The number of hydrogen-bond donors (Lipinski definition) is 2. The molecule has 2 N–H and O–H groups in total. The number of benzene rings is 1. The van der Waals surface area contributed by atoms with Crippen LogP contribution in [0.15, 0.2) is 52.1 Å². The van der Waals surface area contributed by atoms with E-state index in [1.807, 2.05) is 24.3 Å². The zero-order chi connectivity index (χ0) is 15.6. The van der Waals surface area contributed by atoms with Gasteiger partial charge in [0.15, 0.2) is 5.96 Å². The van der Waals surface area contributed by atoms with E-state index in [-0.39, 0.29) is 24.0 Å². The predicted molar refractivity (Wildman–Crippen MR) is 104 cm³/mol. The Morgan fingerprint density at radius 2 is 1.91 bits per heavy atom. The van der Waals surface area contributed by atoms with Crippen molar-refractivity contribution in [2.75, 3.05) is 26.7 Å². The lowest BCUT2D eigenvalue weighted by Crippen LogP contribution is -2.40. The molecule has 0 aliphatic carbocycles. The van der Waals surface area contributed by atoms with E-state index in [9.17, 15) is 0 Å². The van der Waals surface area contributed by atoms with Crippen LogP contribution in [-0.2, 0) is 6.42 Å². The largest absolute Gasteiger partial charge is 0.492 e. The molecule has 0 saturated carbocycles. The fraction of sp³-hybridized carbons (Fsp3) is 0.312. The Labute approximate surface area is 158 Å². The van der Waals surface area contributed by atoms with Crippen LogP contribution in [0.25, 0.3) is 0 Å². The number of halogens is 2. The van der Waals surface area contributed by atoms with E-state index in [1.165, 1.54) is 0 Å². The zero-order valence-corrected chi connectivity index (χ0v) is 16.0. The van der Waals surface area contributed by atoms with Gasteiger partial charge < -0.3 is 19.8 Å². The summed E-state index contributed by atoms with van der Waals surface area (Å²) >= 11 is 5.82. The third kappa shape index (κ3) is 7.60. The van der Waals surface area contributed by atoms with E-state index in [2.05, 4.69) is 15.6 Å². The van der Waals surface area contributed by atoms with Crippen molar-refractivity contribution in [3.05, 3.63) is 53.4 Å². The van der Waals surface area contributed by atoms with Crippen molar-refractivity contribution in [2.45, 2.75) is 6.42 Å². The van der Waals surface area contributed by atoms with Gasteiger partial charge in [-0.3, -0.25) is 4.99 Å². The summed E-state index contributed by atoms with van der Waals surface area (Å²) in [6, 6.07) is 11.1. The molecular weight excluding hydrogens is 429 g/mol. The molecule has 1 aromatic carbocycles. The maximum absolute atomic E-state index is 5.82. The predicted octanol–water partition coefficient (Wildman–Crippen LogP) is 3.34. The topological polar surface area (TPSA) is 58.8 Å². The molecule has 0 bridgehead atoms. The standard InChI is InChI=1S/C16H20ClN3O2.HI/c1-18-16(19-9-8-14-3-2-11-21-14)20-10-12-22-15-6-4-13(17)5-7-15;/h2-7,11H,8-10,12H2,1H3,(H2,18,19,20);1H. The van der Waals surface area contributed by atoms with E-state index in [0.29, 0.717) is 18.2 Å². The van der Waals surface area contributed by atoms with Crippen LogP contribution in [0.4, 0.5) is 0 Å². The summed E-state index contributed by atoms with van der Waals surface area (Å²) in [7, 11) is 1.74. The lowest BCUT2D eigenvalue weighted by atomic mass is 10.3. The number of nitrogens with one attached hydrogen (secondary N) is 2. The number of aliphatic imine (C=N–C) groups is 1. The second kappa shape index (κ2) is 11.2. The number of nitrogens with zero attached hydrogens (tertiary/aromatic N) is 1. The number of ether oxygens (including phenoxy) is 1. The van der Waals surface area contributed by atoms with Gasteiger partial charge in [0, 0.05) is 25.0 Å². The molecule has 0 aliphatic rings.